The van der Waals surface area contributed by atoms with Crippen molar-refractivity contribution < 1.29 is 0 Å². The molecule has 1 nitrogen and oxygen atoms in total. The molecule has 0 aromatic heterocycles. The van der Waals surface area contributed by atoms with E-state index in [2.05, 4.69) is 41.7 Å². The predicted molar refractivity (Wildman–Crippen MR) is 55.4 cm³/mol. The number of fused-ring (bicyclic) bond motifs is 1. The van der Waals surface area contributed by atoms with Gasteiger partial charge in [-0.25, -0.2) is 0 Å². The van der Waals surface area contributed by atoms with Crippen LogP contribution in [-0.4, -0.2) is 0 Å². The van der Waals surface area contributed by atoms with Gasteiger partial charge in [-0.05, 0) is 30.0 Å². The van der Waals surface area contributed by atoms with Crippen molar-refractivity contribution in [1.82, 2.24) is 0 Å². The van der Waals surface area contributed by atoms with Gasteiger partial charge in [0.1, 0.15) is 0 Å². The summed E-state index contributed by atoms with van der Waals surface area (Å²) in [5.41, 5.74) is 5.40. The van der Waals surface area contributed by atoms with E-state index in [0.717, 1.165) is 0 Å². The van der Waals surface area contributed by atoms with Gasteiger partial charge in [0.15, 0.2) is 0 Å². The second-order valence-electron chi connectivity index (χ2n) is 3.55. The first-order valence-corrected chi connectivity index (χ1v) is 4.70. The van der Waals surface area contributed by atoms with Crippen molar-refractivity contribution in [1.29, 1.82) is 0 Å². The number of para-hydroxylation sites is 1. The van der Waals surface area contributed by atoms with Crippen molar-refractivity contribution in [3.05, 3.63) is 47.2 Å². The molecule has 1 aliphatic heterocycles. The number of anilines is 1. The molecule has 0 unspecified atom stereocenters. The normalized spacial score (nSPS) is 18.2. The number of nitrogens with one attached hydrogen (secondary N) is 1. The molecule has 0 radical (unpaired) electrons. The highest BCUT2D eigenvalue weighted by molar-refractivity contribution is 5.73. The Morgan fingerprint density at radius 1 is 1.00 bits per heavy atom. The van der Waals surface area contributed by atoms with E-state index in [1.54, 1.807) is 0 Å². The summed E-state index contributed by atoms with van der Waals surface area (Å²) in [6, 6.07) is 8.43. The Kier molecular flexibility index (Phi) is 1.33. The second-order valence-corrected chi connectivity index (χ2v) is 3.55. The molecule has 1 heterocycles. The third-order valence-electron chi connectivity index (χ3n) is 2.74. The first kappa shape index (κ1) is 6.96. The lowest BCUT2D eigenvalue weighted by molar-refractivity contribution is 0.836. The lowest BCUT2D eigenvalue weighted by Crippen LogP contribution is -2.10. The molecule has 1 N–H and O–H groups in total. The molecule has 0 bridgehead atoms. The van der Waals surface area contributed by atoms with Gasteiger partial charge in [-0.15, -0.1) is 0 Å². The van der Waals surface area contributed by atoms with Gasteiger partial charge in [-0.1, -0.05) is 30.4 Å². The molecule has 1 aliphatic carbocycles. The molecule has 13 heavy (non-hydrogen) atoms. The van der Waals surface area contributed by atoms with E-state index in [0.29, 0.717) is 0 Å². The summed E-state index contributed by atoms with van der Waals surface area (Å²) < 4.78 is 0. The largest absolute Gasteiger partial charge is 0.358 e. The van der Waals surface area contributed by atoms with Gasteiger partial charge in [-0.2, -0.15) is 0 Å². The van der Waals surface area contributed by atoms with Gasteiger partial charge < -0.3 is 5.32 Å². The number of hydrogen-bond acceptors (Lipinski definition) is 1. The van der Waals surface area contributed by atoms with E-state index < -0.39 is 0 Å². The molecule has 2 aliphatic rings. The predicted octanol–water partition coefficient (Wildman–Crippen LogP) is 3.17. The average molecular weight is 169 g/mol. The van der Waals surface area contributed by atoms with Crippen molar-refractivity contribution >= 4 is 11.8 Å². The summed E-state index contributed by atoms with van der Waals surface area (Å²) in [6.45, 7) is 0. The fourth-order valence-corrected chi connectivity index (χ4v) is 1.83. The average Bonchev–Trinajstić information content (AvgIpc) is 2.25. The van der Waals surface area contributed by atoms with Crippen LogP contribution < -0.4 is 5.32 Å². The minimum atomic E-state index is 1.20. The monoisotopic (exact) mass is 169 g/mol. The molecule has 0 saturated heterocycles. The summed E-state index contributed by atoms with van der Waals surface area (Å²) in [5.74, 6) is 0. The first-order chi connectivity index (χ1) is 6.43. The third-order valence-corrected chi connectivity index (χ3v) is 2.74. The van der Waals surface area contributed by atoms with Gasteiger partial charge in [-0.3, -0.25) is 0 Å². The van der Waals surface area contributed by atoms with Crippen molar-refractivity contribution in [3.8, 4) is 0 Å². The summed E-state index contributed by atoms with van der Waals surface area (Å²) >= 11 is 0. The highest BCUT2D eigenvalue weighted by Crippen LogP contribution is 2.34. The van der Waals surface area contributed by atoms with Crippen molar-refractivity contribution in [2.75, 3.05) is 5.32 Å². The second kappa shape index (κ2) is 2.49. The van der Waals surface area contributed by atoms with Crippen LogP contribution in [0.15, 0.2) is 41.6 Å². The lowest BCUT2D eigenvalue weighted by atomic mass is 9.94. The van der Waals surface area contributed by atoms with Crippen LogP contribution >= 0.6 is 0 Å². The Morgan fingerprint density at radius 2 is 1.92 bits per heavy atom. The molecular formula is C12H11N. The van der Waals surface area contributed by atoms with E-state index in [9.17, 15) is 0 Å². The zero-order valence-electron chi connectivity index (χ0n) is 7.38. The molecule has 64 valence electrons. The highest BCUT2D eigenvalue weighted by Gasteiger charge is 2.17. The fraction of sp³-hybridized carbons (Fsp3) is 0.167. The standard InChI is InChI=1S/C12H11N/c1-2-4-11-9(3-1)5-6-10-7-8-12(10)13-11/h1-6,13H,7-8H2. The van der Waals surface area contributed by atoms with Gasteiger partial charge >= 0.3 is 0 Å². The zero-order chi connectivity index (χ0) is 8.67. The van der Waals surface area contributed by atoms with Crippen LogP contribution in [0.5, 0.6) is 0 Å². The molecule has 0 atom stereocenters. The number of rotatable bonds is 0. The summed E-state index contributed by atoms with van der Waals surface area (Å²) in [7, 11) is 0. The first-order valence-electron chi connectivity index (χ1n) is 4.70. The number of allylic oxidation sites excluding steroid dienone is 3. The van der Waals surface area contributed by atoms with Gasteiger partial charge in [0.2, 0.25) is 0 Å². The van der Waals surface area contributed by atoms with Crippen LogP contribution in [-0.2, 0) is 0 Å². The quantitative estimate of drug-likeness (QED) is 0.629. The molecular weight excluding hydrogens is 158 g/mol. The fourth-order valence-electron chi connectivity index (χ4n) is 1.83. The SMILES string of the molecule is C1=Cc2ccccc2NC2=C1CC2. The van der Waals surface area contributed by atoms with E-state index in [1.165, 1.54) is 35.4 Å². The van der Waals surface area contributed by atoms with Crippen LogP contribution in [0.4, 0.5) is 5.69 Å². The molecule has 0 fully saturated rings. The van der Waals surface area contributed by atoms with Gasteiger partial charge in [0, 0.05) is 11.4 Å². The molecule has 3 rings (SSSR count). The Morgan fingerprint density at radius 3 is 2.77 bits per heavy atom. The smallest absolute Gasteiger partial charge is 0.0455 e. The number of benzene rings is 1. The summed E-state index contributed by atoms with van der Waals surface area (Å²) in [5, 5.41) is 3.48. The number of hydrogen-bond donors (Lipinski definition) is 1. The van der Waals surface area contributed by atoms with E-state index >= 15 is 0 Å². The van der Waals surface area contributed by atoms with Crippen molar-refractivity contribution in [3.63, 3.8) is 0 Å². The maximum Gasteiger partial charge on any atom is 0.0455 e. The van der Waals surface area contributed by atoms with Crippen LogP contribution in [0, 0.1) is 0 Å². The molecule has 0 amide bonds. The van der Waals surface area contributed by atoms with Crippen LogP contribution in [0.3, 0.4) is 0 Å². The van der Waals surface area contributed by atoms with Crippen LogP contribution in [0.1, 0.15) is 18.4 Å². The minimum absolute atomic E-state index is 1.20. The zero-order valence-corrected chi connectivity index (χ0v) is 7.38. The van der Waals surface area contributed by atoms with Crippen molar-refractivity contribution in [2.24, 2.45) is 0 Å². The maximum atomic E-state index is 3.48. The molecule has 1 aromatic carbocycles. The van der Waals surface area contributed by atoms with E-state index in [1.807, 2.05) is 0 Å². The molecule has 1 heteroatoms. The summed E-state index contributed by atoms with van der Waals surface area (Å²) in [4.78, 5) is 0. The highest BCUT2D eigenvalue weighted by atomic mass is 14.9. The Bertz CT molecular complexity index is 413. The van der Waals surface area contributed by atoms with Crippen LogP contribution in [0.25, 0.3) is 6.08 Å². The van der Waals surface area contributed by atoms with Gasteiger partial charge in [0.05, 0.1) is 0 Å². The van der Waals surface area contributed by atoms with Gasteiger partial charge in [0.25, 0.3) is 0 Å². The molecule has 1 aromatic rings. The third kappa shape index (κ3) is 1.00. The molecule has 0 saturated carbocycles. The Balaban J connectivity index is 2.13. The van der Waals surface area contributed by atoms with Crippen molar-refractivity contribution in [2.45, 2.75) is 12.8 Å². The Hall–Kier alpha value is -1.50. The van der Waals surface area contributed by atoms with Crippen LogP contribution in [0.2, 0.25) is 0 Å². The van der Waals surface area contributed by atoms with E-state index in [-0.39, 0.29) is 0 Å². The molecule has 0 spiro atoms. The Labute approximate surface area is 77.8 Å². The minimum Gasteiger partial charge on any atom is -0.358 e. The topological polar surface area (TPSA) is 12.0 Å². The van der Waals surface area contributed by atoms with E-state index in [4.69, 9.17) is 0 Å². The summed E-state index contributed by atoms with van der Waals surface area (Å²) in [6.07, 6.45) is 6.86. The lowest BCUT2D eigenvalue weighted by Gasteiger charge is -2.21. The maximum absolute atomic E-state index is 3.48.